The first-order valence-electron chi connectivity index (χ1n) is 5.73. The zero-order valence-corrected chi connectivity index (χ0v) is 9.75. The van der Waals surface area contributed by atoms with Gasteiger partial charge in [-0.05, 0) is 19.3 Å². The molecule has 0 bridgehead atoms. The molecule has 0 amide bonds. The van der Waals surface area contributed by atoms with Crippen LogP contribution in [0.1, 0.15) is 29.6 Å². The SMILES string of the molecule is C=CCCCC(O)C(O)C(=O)c1ccccc1. The fourth-order valence-corrected chi connectivity index (χ4v) is 1.58. The average Bonchev–Trinajstić information content (AvgIpc) is 2.38. The normalized spacial score (nSPS) is 14.0. The van der Waals surface area contributed by atoms with Crippen LogP contribution in [0, 0.1) is 0 Å². The maximum Gasteiger partial charge on any atom is 0.193 e. The van der Waals surface area contributed by atoms with Gasteiger partial charge in [-0.25, -0.2) is 0 Å². The molecule has 0 fully saturated rings. The molecule has 0 aliphatic carbocycles. The van der Waals surface area contributed by atoms with Gasteiger partial charge in [0.15, 0.2) is 5.78 Å². The van der Waals surface area contributed by atoms with Gasteiger partial charge in [-0.15, -0.1) is 6.58 Å². The lowest BCUT2D eigenvalue weighted by molar-refractivity contribution is 0.0171. The van der Waals surface area contributed by atoms with E-state index in [-0.39, 0.29) is 0 Å². The first-order chi connectivity index (χ1) is 8.16. The Labute approximate surface area is 101 Å². The van der Waals surface area contributed by atoms with Crippen molar-refractivity contribution < 1.29 is 15.0 Å². The van der Waals surface area contributed by atoms with Crippen molar-refractivity contribution >= 4 is 5.78 Å². The lowest BCUT2D eigenvalue weighted by atomic mass is 9.99. The summed E-state index contributed by atoms with van der Waals surface area (Å²) in [5.74, 6) is -0.434. The number of allylic oxidation sites excluding steroid dienone is 1. The number of aliphatic hydroxyl groups is 2. The number of hydrogen-bond donors (Lipinski definition) is 2. The van der Waals surface area contributed by atoms with Crippen molar-refractivity contribution in [3.8, 4) is 0 Å². The molecule has 1 rings (SSSR count). The molecular formula is C14H18O3. The molecule has 0 aliphatic heterocycles. The second-order valence-corrected chi connectivity index (χ2v) is 3.96. The van der Waals surface area contributed by atoms with Crippen LogP contribution < -0.4 is 0 Å². The number of Topliss-reactive ketones (excluding diaryl/α,β-unsaturated/α-hetero) is 1. The Morgan fingerprint density at radius 2 is 1.94 bits per heavy atom. The van der Waals surface area contributed by atoms with Crippen molar-refractivity contribution in [2.24, 2.45) is 0 Å². The Morgan fingerprint density at radius 3 is 2.53 bits per heavy atom. The van der Waals surface area contributed by atoms with Crippen LogP contribution >= 0.6 is 0 Å². The van der Waals surface area contributed by atoms with Crippen LogP contribution in [0.5, 0.6) is 0 Å². The molecule has 0 aliphatic rings. The number of unbranched alkanes of at least 4 members (excludes halogenated alkanes) is 1. The smallest absolute Gasteiger partial charge is 0.193 e. The van der Waals surface area contributed by atoms with Gasteiger partial charge in [-0.1, -0.05) is 36.4 Å². The van der Waals surface area contributed by atoms with Crippen molar-refractivity contribution in [2.75, 3.05) is 0 Å². The van der Waals surface area contributed by atoms with Gasteiger partial charge >= 0.3 is 0 Å². The van der Waals surface area contributed by atoms with Gasteiger partial charge in [0.2, 0.25) is 0 Å². The van der Waals surface area contributed by atoms with Crippen LogP contribution in [0.4, 0.5) is 0 Å². The third-order valence-corrected chi connectivity index (χ3v) is 2.60. The van der Waals surface area contributed by atoms with E-state index in [4.69, 9.17) is 0 Å². The number of aliphatic hydroxyl groups excluding tert-OH is 2. The van der Waals surface area contributed by atoms with Crippen LogP contribution in [-0.2, 0) is 0 Å². The maximum absolute atomic E-state index is 11.8. The molecule has 0 saturated carbocycles. The summed E-state index contributed by atoms with van der Waals surface area (Å²) in [5.41, 5.74) is 0.419. The molecule has 0 spiro atoms. The highest BCUT2D eigenvalue weighted by Crippen LogP contribution is 2.11. The molecule has 17 heavy (non-hydrogen) atoms. The van der Waals surface area contributed by atoms with Gasteiger partial charge in [-0.3, -0.25) is 4.79 Å². The molecule has 1 aromatic carbocycles. The minimum Gasteiger partial charge on any atom is -0.390 e. The lowest BCUT2D eigenvalue weighted by Crippen LogP contribution is -2.33. The molecule has 2 atom stereocenters. The van der Waals surface area contributed by atoms with Crippen LogP contribution in [0.3, 0.4) is 0 Å². The second-order valence-electron chi connectivity index (χ2n) is 3.96. The van der Waals surface area contributed by atoms with Gasteiger partial charge in [0.05, 0.1) is 6.10 Å². The Hall–Kier alpha value is -1.45. The van der Waals surface area contributed by atoms with Crippen molar-refractivity contribution in [3.63, 3.8) is 0 Å². The van der Waals surface area contributed by atoms with Crippen LogP contribution in [0.25, 0.3) is 0 Å². The Kier molecular flexibility index (Phi) is 5.60. The average molecular weight is 234 g/mol. The molecule has 3 heteroatoms. The fraction of sp³-hybridized carbons (Fsp3) is 0.357. The van der Waals surface area contributed by atoms with Gasteiger partial charge in [0.1, 0.15) is 6.10 Å². The van der Waals surface area contributed by atoms with Crippen molar-refractivity contribution in [1.82, 2.24) is 0 Å². The third-order valence-electron chi connectivity index (χ3n) is 2.60. The molecule has 0 radical (unpaired) electrons. The minimum absolute atomic E-state index is 0.395. The van der Waals surface area contributed by atoms with E-state index >= 15 is 0 Å². The lowest BCUT2D eigenvalue weighted by Gasteiger charge is -2.16. The predicted octanol–water partition coefficient (Wildman–Crippen LogP) is 1.95. The summed E-state index contributed by atoms with van der Waals surface area (Å²) in [4.78, 5) is 11.8. The third kappa shape index (κ3) is 4.13. The van der Waals surface area contributed by atoms with Crippen molar-refractivity contribution in [2.45, 2.75) is 31.5 Å². The topological polar surface area (TPSA) is 57.5 Å². The fourth-order valence-electron chi connectivity index (χ4n) is 1.58. The highest BCUT2D eigenvalue weighted by molar-refractivity contribution is 5.99. The van der Waals surface area contributed by atoms with E-state index in [2.05, 4.69) is 6.58 Å². The van der Waals surface area contributed by atoms with Gasteiger partial charge < -0.3 is 10.2 Å². The summed E-state index contributed by atoms with van der Waals surface area (Å²) < 4.78 is 0. The number of benzene rings is 1. The molecule has 0 heterocycles. The Balaban J connectivity index is 2.54. The molecule has 1 aromatic rings. The van der Waals surface area contributed by atoms with E-state index in [1.54, 1.807) is 36.4 Å². The van der Waals surface area contributed by atoms with E-state index in [0.717, 1.165) is 6.42 Å². The number of rotatable bonds is 7. The Bertz CT molecular complexity index is 359. The Morgan fingerprint density at radius 1 is 1.29 bits per heavy atom. The van der Waals surface area contributed by atoms with E-state index in [0.29, 0.717) is 18.4 Å². The molecule has 0 aromatic heterocycles. The molecule has 2 unspecified atom stereocenters. The summed E-state index contributed by atoms with van der Waals surface area (Å²) in [6.07, 6.45) is 1.27. The highest BCUT2D eigenvalue weighted by atomic mass is 16.3. The highest BCUT2D eigenvalue weighted by Gasteiger charge is 2.24. The summed E-state index contributed by atoms with van der Waals surface area (Å²) in [5, 5.41) is 19.4. The number of carbonyl (C=O) groups is 1. The summed E-state index contributed by atoms with van der Waals surface area (Å²) in [6.45, 7) is 3.57. The number of carbonyl (C=O) groups excluding carboxylic acids is 1. The predicted molar refractivity (Wildman–Crippen MR) is 66.8 cm³/mol. The van der Waals surface area contributed by atoms with Gasteiger partial charge in [0.25, 0.3) is 0 Å². The standard InChI is InChI=1S/C14H18O3/c1-2-3-5-10-12(15)14(17)13(16)11-8-6-4-7-9-11/h2,4,6-9,12,14-15,17H,1,3,5,10H2. The van der Waals surface area contributed by atoms with E-state index in [1.165, 1.54) is 0 Å². The molecule has 3 nitrogen and oxygen atoms in total. The minimum atomic E-state index is -1.35. The summed E-state index contributed by atoms with van der Waals surface area (Å²) in [6, 6.07) is 8.50. The monoisotopic (exact) mass is 234 g/mol. The van der Waals surface area contributed by atoms with Crippen LogP contribution in [0.2, 0.25) is 0 Å². The van der Waals surface area contributed by atoms with Gasteiger partial charge in [0, 0.05) is 5.56 Å². The zero-order chi connectivity index (χ0) is 12.7. The largest absolute Gasteiger partial charge is 0.390 e. The zero-order valence-electron chi connectivity index (χ0n) is 9.75. The van der Waals surface area contributed by atoms with Crippen molar-refractivity contribution in [1.29, 1.82) is 0 Å². The number of ketones is 1. The first-order valence-corrected chi connectivity index (χ1v) is 5.73. The maximum atomic E-state index is 11.8. The van der Waals surface area contributed by atoms with E-state index in [9.17, 15) is 15.0 Å². The molecule has 0 saturated heterocycles. The quantitative estimate of drug-likeness (QED) is 0.430. The molecular weight excluding hydrogens is 216 g/mol. The first kappa shape index (κ1) is 13.6. The van der Waals surface area contributed by atoms with Gasteiger partial charge in [-0.2, -0.15) is 0 Å². The van der Waals surface area contributed by atoms with E-state index < -0.39 is 18.0 Å². The van der Waals surface area contributed by atoms with Crippen LogP contribution in [0.15, 0.2) is 43.0 Å². The van der Waals surface area contributed by atoms with E-state index in [1.807, 2.05) is 0 Å². The second kappa shape index (κ2) is 6.99. The summed E-state index contributed by atoms with van der Waals surface area (Å²) >= 11 is 0. The van der Waals surface area contributed by atoms with Crippen LogP contribution in [-0.4, -0.2) is 28.2 Å². The van der Waals surface area contributed by atoms with Crippen molar-refractivity contribution in [3.05, 3.63) is 48.6 Å². The molecule has 2 N–H and O–H groups in total. The summed E-state index contributed by atoms with van der Waals surface area (Å²) in [7, 11) is 0. The molecule has 92 valence electrons. The number of hydrogen-bond acceptors (Lipinski definition) is 3.